The molecule has 2 heterocycles. The van der Waals surface area contributed by atoms with Crippen molar-refractivity contribution in [3.8, 4) is 0 Å². The molecule has 1 aromatic rings. The molecule has 11 heavy (non-hydrogen) atoms. The first-order valence-electron chi connectivity index (χ1n) is 3.42. The van der Waals surface area contributed by atoms with Crippen molar-refractivity contribution in [3.63, 3.8) is 0 Å². The number of hydrogen-bond acceptors (Lipinski definition) is 2. The van der Waals surface area contributed by atoms with Crippen LogP contribution in [0.25, 0.3) is 0 Å². The number of nitrogens with one attached hydrogen (secondary N) is 1. The Bertz CT molecular complexity index is 292. The van der Waals surface area contributed by atoms with E-state index < -0.39 is 6.23 Å². The van der Waals surface area contributed by atoms with Gasteiger partial charge >= 0.3 is 0 Å². The normalized spacial score (nSPS) is 22.6. The van der Waals surface area contributed by atoms with Gasteiger partial charge in [-0.2, -0.15) is 0 Å². The number of fused-ring (bicyclic) bond motifs is 1. The Hall–Kier alpha value is -1.29. The topological polar surface area (TPSA) is 54.3 Å². The van der Waals surface area contributed by atoms with Crippen molar-refractivity contribution in [2.24, 2.45) is 0 Å². The molecule has 0 unspecified atom stereocenters. The largest absolute Gasteiger partial charge is 0.371 e. The summed E-state index contributed by atoms with van der Waals surface area (Å²) >= 11 is 0. The summed E-state index contributed by atoms with van der Waals surface area (Å²) in [5.74, 6) is -0.125. The van der Waals surface area contributed by atoms with Crippen LogP contribution >= 0.6 is 0 Å². The van der Waals surface area contributed by atoms with Crippen LogP contribution in [0.4, 0.5) is 0 Å². The SMILES string of the molecule is O=C1NC[C@H](O)n2cccc21. The Morgan fingerprint density at radius 2 is 2.55 bits per heavy atom. The highest BCUT2D eigenvalue weighted by Gasteiger charge is 2.21. The van der Waals surface area contributed by atoms with Crippen LogP contribution in [0.15, 0.2) is 18.3 Å². The van der Waals surface area contributed by atoms with Gasteiger partial charge in [-0.3, -0.25) is 4.79 Å². The molecule has 0 aliphatic carbocycles. The van der Waals surface area contributed by atoms with Crippen molar-refractivity contribution in [1.82, 2.24) is 9.88 Å². The summed E-state index contributed by atoms with van der Waals surface area (Å²) in [5.41, 5.74) is 0.517. The van der Waals surface area contributed by atoms with Crippen LogP contribution in [0.2, 0.25) is 0 Å². The minimum absolute atomic E-state index is 0.125. The van der Waals surface area contributed by atoms with Gasteiger partial charge in [0.25, 0.3) is 5.91 Å². The van der Waals surface area contributed by atoms with Crippen molar-refractivity contribution in [3.05, 3.63) is 24.0 Å². The molecular weight excluding hydrogens is 144 g/mol. The first kappa shape index (κ1) is 6.42. The summed E-state index contributed by atoms with van der Waals surface area (Å²) < 4.78 is 1.55. The molecule has 0 aromatic carbocycles. The molecule has 0 spiro atoms. The smallest absolute Gasteiger partial charge is 0.268 e. The molecule has 4 nitrogen and oxygen atoms in total. The van der Waals surface area contributed by atoms with E-state index in [1.807, 2.05) is 0 Å². The maximum Gasteiger partial charge on any atom is 0.268 e. The number of aromatic nitrogens is 1. The van der Waals surface area contributed by atoms with Crippen LogP contribution in [0, 0.1) is 0 Å². The van der Waals surface area contributed by atoms with Crippen molar-refractivity contribution < 1.29 is 9.90 Å². The molecule has 1 atom stereocenters. The first-order valence-corrected chi connectivity index (χ1v) is 3.42. The number of amides is 1. The van der Waals surface area contributed by atoms with Gasteiger partial charge in [0.2, 0.25) is 0 Å². The van der Waals surface area contributed by atoms with E-state index >= 15 is 0 Å². The molecule has 4 heteroatoms. The predicted octanol–water partition coefficient (Wildman–Crippen LogP) is -0.278. The number of carbonyl (C=O) groups is 1. The van der Waals surface area contributed by atoms with Gasteiger partial charge in [0.15, 0.2) is 0 Å². The first-order chi connectivity index (χ1) is 5.29. The molecule has 1 aliphatic heterocycles. The zero-order valence-corrected chi connectivity index (χ0v) is 5.82. The van der Waals surface area contributed by atoms with Gasteiger partial charge in [0.05, 0.1) is 6.54 Å². The van der Waals surface area contributed by atoms with E-state index in [1.54, 1.807) is 22.9 Å². The molecule has 1 amide bonds. The predicted molar refractivity (Wildman–Crippen MR) is 38.0 cm³/mol. The number of aliphatic hydroxyl groups excluding tert-OH is 1. The average molecular weight is 152 g/mol. The highest BCUT2D eigenvalue weighted by Crippen LogP contribution is 2.12. The number of rotatable bonds is 0. The third kappa shape index (κ3) is 0.832. The molecule has 0 saturated carbocycles. The monoisotopic (exact) mass is 152 g/mol. The Labute approximate surface area is 63.4 Å². The molecular formula is C7H8N2O2. The van der Waals surface area contributed by atoms with E-state index in [0.717, 1.165) is 0 Å². The number of nitrogens with zero attached hydrogens (tertiary/aromatic N) is 1. The lowest BCUT2D eigenvalue weighted by atomic mass is 10.3. The average Bonchev–Trinajstić information content (AvgIpc) is 2.45. The van der Waals surface area contributed by atoms with Gasteiger partial charge in [-0.15, -0.1) is 0 Å². The van der Waals surface area contributed by atoms with Gasteiger partial charge in [0, 0.05) is 6.20 Å². The second-order valence-corrected chi connectivity index (χ2v) is 2.49. The van der Waals surface area contributed by atoms with Crippen LogP contribution in [0.5, 0.6) is 0 Å². The summed E-state index contributed by atoms with van der Waals surface area (Å²) in [4.78, 5) is 11.0. The molecule has 1 aliphatic rings. The minimum atomic E-state index is -0.613. The lowest BCUT2D eigenvalue weighted by Crippen LogP contribution is -2.38. The molecule has 0 radical (unpaired) electrons. The maximum absolute atomic E-state index is 11.0. The van der Waals surface area contributed by atoms with Crippen LogP contribution in [-0.2, 0) is 0 Å². The number of β-amino-alcohol motifs (C(OH)–C–C–N with tert-alkyl or cyclic N) is 1. The highest BCUT2D eigenvalue weighted by molar-refractivity contribution is 5.93. The third-order valence-corrected chi connectivity index (χ3v) is 1.78. The van der Waals surface area contributed by atoms with Gasteiger partial charge in [-0.25, -0.2) is 0 Å². The lowest BCUT2D eigenvalue weighted by molar-refractivity contribution is 0.0664. The van der Waals surface area contributed by atoms with Crippen molar-refractivity contribution in [2.75, 3.05) is 6.54 Å². The van der Waals surface area contributed by atoms with Crippen molar-refractivity contribution in [2.45, 2.75) is 6.23 Å². The molecule has 1 aromatic heterocycles. The zero-order valence-electron chi connectivity index (χ0n) is 5.82. The fourth-order valence-electron chi connectivity index (χ4n) is 1.22. The second kappa shape index (κ2) is 2.10. The van der Waals surface area contributed by atoms with Gasteiger partial charge in [-0.1, -0.05) is 0 Å². The van der Waals surface area contributed by atoms with Crippen LogP contribution in [0.3, 0.4) is 0 Å². The maximum atomic E-state index is 11.0. The van der Waals surface area contributed by atoms with E-state index in [9.17, 15) is 9.90 Å². The summed E-state index contributed by atoms with van der Waals surface area (Å²) in [6.07, 6.45) is 1.08. The van der Waals surface area contributed by atoms with Gasteiger partial charge in [-0.05, 0) is 12.1 Å². The van der Waals surface area contributed by atoms with Crippen LogP contribution in [0.1, 0.15) is 16.7 Å². The Balaban J connectivity index is 2.51. The number of aliphatic hydroxyl groups is 1. The molecule has 0 fully saturated rings. The van der Waals surface area contributed by atoms with Gasteiger partial charge < -0.3 is 15.0 Å². The second-order valence-electron chi connectivity index (χ2n) is 2.49. The zero-order chi connectivity index (χ0) is 7.84. The summed E-state index contributed by atoms with van der Waals surface area (Å²) in [6, 6.07) is 3.42. The Morgan fingerprint density at radius 3 is 3.27 bits per heavy atom. The van der Waals surface area contributed by atoms with E-state index in [1.165, 1.54) is 0 Å². The molecule has 58 valence electrons. The highest BCUT2D eigenvalue weighted by atomic mass is 16.3. The van der Waals surface area contributed by atoms with E-state index in [-0.39, 0.29) is 5.91 Å². The van der Waals surface area contributed by atoms with E-state index in [4.69, 9.17) is 0 Å². The summed E-state index contributed by atoms with van der Waals surface area (Å²) in [7, 11) is 0. The fraction of sp³-hybridized carbons (Fsp3) is 0.286. The number of hydrogen-bond donors (Lipinski definition) is 2. The number of carbonyl (C=O) groups excluding carboxylic acids is 1. The molecule has 2 N–H and O–H groups in total. The Kier molecular flexibility index (Phi) is 1.22. The lowest BCUT2D eigenvalue weighted by Gasteiger charge is -2.21. The molecule has 0 saturated heterocycles. The van der Waals surface area contributed by atoms with Crippen LogP contribution in [-0.4, -0.2) is 22.1 Å². The standard InChI is InChI=1S/C7H8N2O2/c10-6-4-8-7(11)5-2-1-3-9(5)6/h1-3,6,10H,4H2,(H,8,11)/t6-/m0/s1. The molecule has 2 rings (SSSR count). The van der Waals surface area contributed by atoms with Crippen molar-refractivity contribution in [1.29, 1.82) is 0 Å². The van der Waals surface area contributed by atoms with Crippen LogP contribution < -0.4 is 5.32 Å². The summed E-state index contributed by atoms with van der Waals surface area (Å²) in [6.45, 7) is 0.292. The molecule has 0 bridgehead atoms. The third-order valence-electron chi connectivity index (χ3n) is 1.78. The fourth-order valence-corrected chi connectivity index (χ4v) is 1.22. The van der Waals surface area contributed by atoms with Crippen molar-refractivity contribution >= 4 is 5.91 Å². The van der Waals surface area contributed by atoms with E-state index in [0.29, 0.717) is 12.2 Å². The van der Waals surface area contributed by atoms with Gasteiger partial charge in [0.1, 0.15) is 11.9 Å². The quantitative estimate of drug-likeness (QED) is 0.537. The minimum Gasteiger partial charge on any atom is -0.371 e. The Morgan fingerprint density at radius 1 is 1.73 bits per heavy atom. The summed E-state index contributed by atoms with van der Waals surface area (Å²) in [5, 5.41) is 11.9. The van der Waals surface area contributed by atoms with E-state index in [2.05, 4.69) is 5.32 Å².